The number of nitrogens with two attached hydrogens (primary N) is 1. The van der Waals surface area contributed by atoms with Gasteiger partial charge in [0.25, 0.3) is 0 Å². The molecule has 3 N–H and O–H groups in total. The summed E-state index contributed by atoms with van der Waals surface area (Å²) in [4.78, 5) is 27.0. The van der Waals surface area contributed by atoms with Crippen LogP contribution in [0.25, 0.3) is 0 Å². The van der Waals surface area contributed by atoms with E-state index in [1.165, 1.54) is 0 Å². The Morgan fingerprint density at radius 3 is 2.29 bits per heavy atom. The number of amides is 2. The van der Waals surface area contributed by atoms with Gasteiger partial charge in [-0.15, -0.1) is 0 Å². The van der Waals surface area contributed by atoms with Gasteiger partial charge in [-0.2, -0.15) is 13.2 Å². The molecule has 2 saturated heterocycles. The van der Waals surface area contributed by atoms with E-state index in [1.807, 2.05) is 47.4 Å². The molecule has 2 fully saturated rings. The number of halogens is 4. The summed E-state index contributed by atoms with van der Waals surface area (Å²) >= 11 is 3.56. The summed E-state index contributed by atoms with van der Waals surface area (Å²) in [6.07, 6.45) is -3.74. The highest BCUT2D eigenvalue weighted by Crippen LogP contribution is 2.38. The van der Waals surface area contributed by atoms with Crippen LogP contribution in [-0.2, 0) is 16.1 Å². The van der Waals surface area contributed by atoms with Gasteiger partial charge < -0.3 is 20.9 Å². The Kier molecular flexibility index (Phi) is 7.06. The van der Waals surface area contributed by atoms with Crippen LogP contribution in [0.5, 0.6) is 0 Å². The molecule has 0 radical (unpaired) electrons. The largest absolute Gasteiger partial charge is 0.391 e. The lowest BCUT2D eigenvalue weighted by molar-refractivity contribution is -0.179. The highest BCUT2D eigenvalue weighted by atomic mass is 79.9. The fraction of sp³-hybridized carbons (Fsp3) is 0.417. The number of hydrogen-bond acceptors (Lipinski definition) is 4. The van der Waals surface area contributed by atoms with Crippen LogP contribution in [0.3, 0.4) is 0 Å². The predicted octanol–water partition coefficient (Wildman–Crippen LogP) is 4.81. The molecule has 34 heavy (non-hydrogen) atoms. The number of primary amides is 1. The smallest absolute Gasteiger partial charge is 0.371 e. The van der Waals surface area contributed by atoms with Gasteiger partial charge in [0, 0.05) is 48.4 Å². The normalized spacial score (nSPS) is 19.5. The quantitative estimate of drug-likeness (QED) is 0.553. The van der Waals surface area contributed by atoms with E-state index in [-0.39, 0.29) is 25.2 Å². The number of alkyl halides is 3. The number of carbonyl (C=O) groups excluding carboxylic acids is 2. The molecule has 2 aliphatic rings. The number of benzene rings is 2. The van der Waals surface area contributed by atoms with E-state index in [2.05, 4.69) is 21.2 Å². The molecular weight excluding hydrogens is 513 g/mol. The summed E-state index contributed by atoms with van der Waals surface area (Å²) in [5.74, 6) is -2.16. The van der Waals surface area contributed by atoms with Crippen molar-refractivity contribution in [1.82, 2.24) is 4.90 Å². The number of piperidine rings is 1. The number of nitrogens with one attached hydrogen (secondary N) is 1. The topological polar surface area (TPSA) is 78.7 Å². The van der Waals surface area contributed by atoms with Crippen molar-refractivity contribution >= 4 is 44.8 Å². The average Bonchev–Trinajstić information content (AvgIpc) is 3.15. The van der Waals surface area contributed by atoms with Crippen molar-refractivity contribution in [1.29, 1.82) is 0 Å². The van der Waals surface area contributed by atoms with Crippen molar-refractivity contribution in [3.63, 3.8) is 0 Å². The second kappa shape index (κ2) is 9.85. The molecule has 6 nitrogen and oxygen atoms in total. The van der Waals surface area contributed by atoms with Crippen LogP contribution >= 0.6 is 15.9 Å². The number of nitrogens with zero attached hydrogens (tertiary/aromatic N) is 2. The average molecular weight is 539 g/mol. The first-order chi connectivity index (χ1) is 16.1. The summed E-state index contributed by atoms with van der Waals surface area (Å²) < 4.78 is 39.6. The minimum atomic E-state index is -4.12. The van der Waals surface area contributed by atoms with Crippen LogP contribution in [0.4, 0.5) is 30.2 Å². The Morgan fingerprint density at radius 1 is 1.09 bits per heavy atom. The van der Waals surface area contributed by atoms with Crippen LogP contribution < -0.4 is 16.0 Å². The summed E-state index contributed by atoms with van der Waals surface area (Å²) in [5, 5.41) is 3.31. The van der Waals surface area contributed by atoms with Crippen molar-refractivity contribution < 1.29 is 22.8 Å². The van der Waals surface area contributed by atoms with Crippen molar-refractivity contribution in [2.75, 3.05) is 29.9 Å². The molecule has 2 heterocycles. The second-order valence-corrected chi connectivity index (χ2v) is 9.72. The fourth-order valence-corrected chi connectivity index (χ4v) is 5.11. The highest BCUT2D eigenvalue weighted by Gasteiger charge is 2.41. The first-order valence-electron chi connectivity index (χ1n) is 11.1. The molecule has 1 atom stereocenters. The molecule has 4 rings (SSSR count). The Hall–Kier alpha value is -2.75. The third-order valence-corrected chi connectivity index (χ3v) is 7.11. The van der Waals surface area contributed by atoms with Crippen LogP contribution in [0.2, 0.25) is 0 Å². The fourth-order valence-electron chi connectivity index (χ4n) is 4.48. The molecular formula is C24H26BrF3N4O2. The maximum atomic E-state index is 12.9. The lowest BCUT2D eigenvalue weighted by Crippen LogP contribution is -2.39. The van der Waals surface area contributed by atoms with E-state index >= 15 is 0 Å². The predicted molar refractivity (Wildman–Crippen MR) is 128 cm³/mol. The van der Waals surface area contributed by atoms with Crippen molar-refractivity contribution in [2.45, 2.75) is 32.0 Å². The standard InChI is InChI=1S/C24H26BrF3N4O2/c25-20-12-19(5-6-21(20)31-9-7-17(8-10-31)24(26,27)28)30-18-3-1-15(2-4-18)13-32-14-16(23(29)34)11-22(32)33/h1-6,12,16-17,30H,7-11,13-14H2,(H2,29,34). The Bertz CT molecular complexity index is 1050. The van der Waals surface area contributed by atoms with Crippen LogP contribution in [0, 0.1) is 11.8 Å². The SMILES string of the molecule is NC(=O)C1CC(=O)N(Cc2ccc(Nc3ccc(N4CCC(C(F)(F)F)CC4)c(Br)c3)cc2)C1. The van der Waals surface area contributed by atoms with Gasteiger partial charge in [-0.3, -0.25) is 9.59 Å². The lowest BCUT2D eigenvalue weighted by Gasteiger charge is -2.35. The summed E-state index contributed by atoms with van der Waals surface area (Å²) in [6, 6.07) is 13.4. The summed E-state index contributed by atoms with van der Waals surface area (Å²) in [7, 11) is 0. The molecule has 0 aromatic heterocycles. The molecule has 2 aromatic carbocycles. The first-order valence-corrected chi connectivity index (χ1v) is 11.9. The Labute approximate surface area is 204 Å². The van der Waals surface area contributed by atoms with Gasteiger partial charge in [-0.05, 0) is 64.7 Å². The zero-order chi connectivity index (χ0) is 24.5. The molecule has 0 bridgehead atoms. The van der Waals surface area contributed by atoms with E-state index in [9.17, 15) is 22.8 Å². The number of hydrogen-bond donors (Lipinski definition) is 2. The first kappa shape index (κ1) is 24.4. The third kappa shape index (κ3) is 5.65. The Morgan fingerprint density at radius 2 is 1.74 bits per heavy atom. The zero-order valence-corrected chi connectivity index (χ0v) is 20.0. The van der Waals surface area contributed by atoms with Crippen molar-refractivity contribution in [3.8, 4) is 0 Å². The van der Waals surface area contributed by atoms with Gasteiger partial charge in [0.15, 0.2) is 0 Å². The van der Waals surface area contributed by atoms with Crippen LogP contribution in [0.1, 0.15) is 24.8 Å². The van der Waals surface area contributed by atoms with Gasteiger partial charge in [0.1, 0.15) is 0 Å². The molecule has 182 valence electrons. The molecule has 10 heteroatoms. The Balaban J connectivity index is 1.34. The zero-order valence-electron chi connectivity index (χ0n) is 18.4. The summed E-state index contributed by atoms with van der Waals surface area (Å²) in [6.45, 7) is 1.52. The van der Waals surface area contributed by atoms with Crippen molar-refractivity contribution in [2.24, 2.45) is 17.6 Å². The van der Waals surface area contributed by atoms with E-state index in [0.29, 0.717) is 26.2 Å². The molecule has 2 aliphatic heterocycles. The third-order valence-electron chi connectivity index (χ3n) is 6.48. The molecule has 2 amide bonds. The monoisotopic (exact) mass is 538 g/mol. The van der Waals surface area contributed by atoms with E-state index in [1.54, 1.807) is 4.90 Å². The molecule has 2 aromatic rings. The highest BCUT2D eigenvalue weighted by molar-refractivity contribution is 9.10. The van der Waals surface area contributed by atoms with Gasteiger partial charge in [0.2, 0.25) is 11.8 Å². The minimum Gasteiger partial charge on any atom is -0.371 e. The maximum Gasteiger partial charge on any atom is 0.391 e. The van der Waals surface area contributed by atoms with Gasteiger partial charge in [0.05, 0.1) is 17.5 Å². The number of rotatable bonds is 6. The number of carbonyl (C=O) groups is 2. The van der Waals surface area contributed by atoms with E-state index in [0.717, 1.165) is 27.1 Å². The molecule has 0 aliphatic carbocycles. The van der Waals surface area contributed by atoms with Gasteiger partial charge in [-0.1, -0.05) is 12.1 Å². The number of likely N-dealkylation sites (tertiary alicyclic amines) is 1. The summed E-state index contributed by atoms with van der Waals surface area (Å²) in [5.41, 5.74) is 8.85. The van der Waals surface area contributed by atoms with Crippen molar-refractivity contribution in [3.05, 3.63) is 52.5 Å². The number of anilines is 3. The maximum absolute atomic E-state index is 12.9. The molecule has 0 saturated carbocycles. The van der Waals surface area contributed by atoms with E-state index in [4.69, 9.17) is 5.73 Å². The lowest BCUT2D eigenvalue weighted by atomic mass is 9.96. The van der Waals surface area contributed by atoms with Gasteiger partial charge in [-0.25, -0.2) is 0 Å². The van der Waals surface area contributed by atoms with Crippen LogP contribution in [0.15, 0.2) is 46.9 Å². The van der Waals surface area contributed by atoms with E-state index < -0.39 is 23.9 Å². The van der Waals surface area contributed by atoms with Crippen LogP contribution in [-0.4, -0.2) is 42.5 Å². The van der Waals surface area contributed by atoms with Gasteiger partial charge >= 0.3 is 6.18 Å². The minimum absolute atomic E-state index is 0.0708. The second-order valence-electron chi connectivity index (χ2n) is 8.87. The molecule has 1 unspecified atom stereocenters. The molecule has 0 spiro atoms.